The van der Waals surface area contributed by atoms with Crippen LogP contribution >= 0.6 is 11.6 Å². The number of hydrogen-bond acceptors (Lipinski definition) is 4. The zero-order valence-corrected chi connectivity index (χ0v) is 12.1. The van der Waals surface area contributed by atoms with Crippen molar-refractivity contribution in [3.63, 3.8) is 0 Å². The molecule has 0 bridgehead atoms. The van der Waals surface area contributed by atoms with Crippen LogP contribution in [0.1, 0.15) is 10.4 Å². The molecule has 1 aromatic carbocycles. The third kappa shape index (κ3) is 2.61. The summed E-state index contributed by atoms with van der Waals surface area (Å²) >= 11 is 6.09. The molecule has 1 aromatic rings. The topological polar surface area (TPSA) is 61.6 Å². The van der Waals surface area contributed by atoms with Gasteiger partial charge in [-0.2, -0.15) is 0 Å². The molecule has 1 amide bonds. The molecule has 108 valence electrons. The number of benzene rings is 1. The van der Waals surface area contributed by atoms with Gasteiger partial charge >= 0.3 is 0 Å². The van der Waals surface area contributed by atoms with Crippen LogP contribution in [0.25, 0.3) is 0 Å². The van der Waals surface area contributed by atoms with E-state index in [0.29, 0.717) is 16.6 Å². The van der Waals surface area contributed by atoms with Crippen LogP contribution in [0.5, 0.6) is 0 Å². The van der Waals surface area contributed by atoms with E-state index in [0.717, 1.165) is 45.0 Å². The number of carbonyl (C=O) groups excluding carboxylic acids is 1. The Kier molecular flexibility index (Phi) is 3.83. The fourth-order valence-corrected chi connectivity index (χ4v) is 3.11. The second-order valence-electron chi connectivity index (χ2n) is 5.37. The number of hydrogen-bond donors (Lipinski definition) is 2. The molecule has 2 aliphatic rings. The molecule has 0 unspecified atom stereocenters. The lowest BCUT2D eigenvalue weighted by molar-refractivity contribution is 0.100. The Morgan fingerprint density at radius 3 is 2.60 bits per heavy atom. The third-order valence-corrected chi connectivity index (χ3v) is 4.43. The Hall–Kier alpha value is -1.30. The minimum Gasteiger partial charge on any atom is -0.368 e. The highest BCUT2D eigenvalue weighted by Crippen LogP contribution is 2.28. The molecule has 2 saturated heterocycles. The molecule has 0 radical (unpaired) electrons. The maximum atomic E-state index is 11.2. The first kappa shape index (κ1) is 13.7. The molecule has 6 heteroatoms. The number of nitrogens with two attached hydrogens (primary N) is 1. The van der Waals surface area contributed by atoms with Gasteiger partial charge in [-0.1, -0.05) is 11.6 Å². The summed E-state index contributed by atoms with van der Waals surface area (Å²) in [6, 6.07) is 6.08. The SMILES string of the molecule is NC(=O)c1ccc(N2CC(N3CCNCC3)C2)cc1Cl. The van der Waals surface area contributed by atoms with E-state index in [9.17, 15) is 4.79 Å². The molecule has 0 atom stereocenters. The van der Waals surface area contributed by atoms with Crippen molar-refractivity contribution in [2.24, 2.45) is 5.73 Å². The maximum Gasteiger partial charge on any atom is 0.250 e. The molecule has 2 fully saturated rings. The monoisotopic (exact) mass is 294 g/mol. The fourth-order valence-electron chi connectivity index (χ4n) is 2.84. The Labute approximate surface area is 123 Å². The Bertz CT molecular complexity index is 510. The second-order valence-corrected chi connectivity index (χ2v) is 5.78. The van der Waals surface area contributed by atoms with Crippen LogP contribution in [0, 0.1) is 0 Å². The number of anilines is 1. The lowest BCUT2D eigenvalue weighted by Crippen LogP contribution is -2.62. The van der Waals surface area contributed by atoms with Gasteiger partial charge < -0.3 is 16.0 Å². The Morgan fingerprint density at radius 2 is 2.00 bits per heavy atom. The van der Waals surface area contributed by atoms with Gasteiger partial charge in [-0.15, -0.1) is 0 Å². The zero-order valence-electron chi connectivity index (χ0n) is 11.3. The molecular formula is C14H19ClN4O. The molecule has 3 N–H and O–H groups in total. The molecule has 0 aromatic heterocycles. The highest BCUT2D eigenvalue weighted by atomic mass is 35.5. The van der Waals surface area contributed by atoms with Crippen molar-refractivity contribution in [1.82, 2.24) is 10.2 Å². The highest BCUT2D eigenvalue weighted by molar-refractivity contribution is 6.34. The van der Waals surface area contributed by atoms with Crippen molar-refractivity contribution >= 4 is 23.2 Å². The minimum absolute atomic E-state index is 0.384. The first-order valence-corrected chi connectivity index (χ1v) is 7.32. The molecule has 3 rings (SSSR count). The van der Waals surface area contributed by atoms with E-state index in [4.69, 9.17) is 17.3 Å². The number of halogens is 1. The maximum absolute atomic E-state index is 11.2. The van der Waals surface area contributed by atoms with Gasteiger partial charge in [-0.05, 0) is 18.2 Å². The fraction of sp³-hybridized carbons (Fsp3) is 0.500. The minimum atomic E-state index is -0.483. The van der Waals surface area contributed by atoms with Gasteiger partial charge in [0.05, 0.1) is 10.6 Å². The number of piperazine rings is 1. The van der Waals surface area contributed by atoms with Crippen LogP contribution in [0.3, 0.4) is 0 Å². The van der Waals surface area contributed by atoms with Crippen LogP contribution in [-0.4, -0.2) is 56.1 Å². The van der Waals surface area contributed by atoms with Crippen LogP contribution in [0.15, 0.2) is 18.2 Å². The second kappa shape index (κ2) is 5.60. The number of primary amides is 1. The summed E-state index contributed by atoms with van der Waals surface area (Å²) in [4.78, 5) is 16.0. The van der Waals surface area contributed by atoms with Crippen molar-refractivity contribution < 1.29 is 4.79 Å². The smallest absolute Gasteiger partial charge is 0.250 e. The summed E-state index contributed by atoms with van der Waals surface area (Å²) in [5.74, 6) is -0.483. The van der Waals surface area contributed by atoms with E-state index in [1.54, 1.807) is 6.07 Å². The predicted octanol–water partition coefficient (Wildman–Crippen LogP) is 0.533. The van der Waals surface area contributed by atoms with Gasteiger partial charge in [0.25, 0.3) is 0 Å². The van der Waals surface area contributed by atoms with E-state index in [1.807, 2.05) is 12.1 Å². The van der Waals surface area contributed by atoms with E-state index < -0.39 is 5.91 Å². The standard InChI is InChI=1S/C14H19ClN4O/c15-13-7-10(1-2-12(13)14(16)20)19-8-11(9-19)18-5-3-17-4-6-18/h1-2,7,11,17H,3-6,8-9H2,(H2,16,20). The van der Waals surface area contributed by atoms with Gasteiger partial charge in [0.2, 0.25) is 5.91 Å². The summed E-state index contributed by atoms with van der Waals surface area (Å²) < 4.78 is 0. The van der Waals surface area contributed by atoms with Crippen LogP contribution in [0.4, 0.5) is 5.69 Å². The number of rotatable bonds is 3. The molecule has 5 nitrogen and oxygen atoms in total. The van der Waals surface area contributed by atoms with Gasteiger partial charge in [-0.3, -0.25) is 9.69 Å². The number of nitrogens with one attached hydrogen (secondary N) is 1. The van der Waals surface area contributed by atoms with Gasteiger partial charge in [-0.25, -0.2) is 0 Å². The van der Waals surface area contributed by atoms with E-state index in [2.05, 4.69) is 15.1 Å². The molecule has 0 saturated carbocycles. The first-order valence-electron chi connectivity index (χ1n) is 6.94. The number of amides is 1. The van der Waals surface area contributed by atoms with E-state index >= 15 is 0 Å². The molecule has 20 heavy (non-hydrogen) atoms. The summed E-state index contributed by atoms with van der Waals surface area (Å²) in [5, 5.41) is 3.80. The van der Waals surface area contributed by atoms with E-state index in [1.165, 1.54) is 0 Å². The average Bonchev–Trinajstić information content (AvgIpc) is 2.38. The van der Waals surface area contributed by atoms with Crippen LogP contribution in [-0.2, 0) is 0 Å². The van der Waals surface area contributed by atoms with Gasteiger partial charge in [0.15, 0.2) is 0 Å². The first-order chi connectivity index (χ1) is 9.65. The predicted molar refractivity (Wildman–Crippen MR) is 80.4 cm³/mol. The molecule has 2 aliphatic heterocycles. The van der Waals surface area contributed by atoms with Crippen molar-refractivity contribution in [2.75, 3.05) is 44.2 Å². The van der Waals surface area contributed by atoms with Crippen molar-refractivity contribution in [3.8, 4) is 0 Å². The summed E-state index contributed by atoms with van der Waals surface area (Å²) in [6.07, 6.45) is 0. The van der Waals surface area contributed by atoms with Crippen molar-refractivity contribution in [2.45, 2.75) is 6.04 Å². The number of carbonyl (C=O) groups is 1. The van der Waals surface area contributed by atoms with Crippen molar-refractivity contribution in [1.29, 1.82) is 0 Å². The quantitative estimate of drug-likeness (QED) is 0.854. The molecule has 2 heterocycles. The molecular weight excluding hydrogens is 276 g/mol. The van der Waals surface area contributed by atoms with Gasteiger partial charge in [0.1, 0.15) is 0 Å². The normalized spacial score (nSPS) is 20.8. The third-order valence-electron chi connectivity index (χ3n) is 4.11. The van der Waals surface area contributed by atoms with Crippen LogP contribution in [0.2, 0.25) is 5.02 Å². The lowest BCUT2D eigenvalue weighted by Gasteiger charge is -2.48. The summed E-state index contributed by atoms with van der Waals surface area (Å²) in [5.41, 5.74) is 6.70. The van der Waals surface area contributed by atoms with Crippen molar-refractivity contribution in [3.05, 3.63) is 28.8 Å². The highest BCUT2D eigenvalue weighted by Gasteiger charge is 2.32. The zero-order chi connectivity index (χ0) is 14.1. The molecule has 0 aliphatic carbocycles. The Morgan fingerprint density at radius 1 is 1.30 bits per heavy atom. The Balaban J connectivity index is 1.62. The van der Waals surface area contributed by atoms with Gasteiger partial charge in [0, 0.05) is 51.0 Å². The van der Waals surface area contributed by atoms with Crippen LogP contribution < -0.4 is 16.0 Å². The average molecular weight is 295 g/mol. The lowest BCUT2D eigenvalue weighted by atomic mass is 10.0. The summed E-state index contributed by atoms with van der Waals surface area (Å²) in [7, 11) is 0. The largest absolute Gasteiger partial charge is 0.368 e. The van der Waals surface area contributed by atoms with E-state index in [-0.39, 0.29) is 0 Å². The number of nitrogens with zero attached hydrogens (tertiary/aromatic N) is 2. The molecule has 0 spiro atoms. The summed E-state index contributed by atoms with van der Waals surface area (Å²) in [6.45, 7) is 6.45.